The zero-order chi connectivity index (χ0) is 12.9. The molecule has 3 nitrogen and oxygen atoms in total. The third-order valence-electron chi connectivity index (χ3n) is 2.80. The average molecular weight is 236 g/mol. The minimum Gasteiger partial charge on any atom is -0.472 e. The fraction of sp³-hybridized carbons (Fsp3) is 0.643. The number of nitrogens with one attached hydrogen (secondary N) is 1. The quantitative estimate of drug-likeness (QED) is 0.824. The number of ether oxygens (including phenoxy) is 1. The summed E-state index contributed by atoms with van der Waals surface area (Å²) >= 11 is 0. The van der Waals surface area contributed by atoms with Gasteiger partial charge in [-0.05, 0) is 45.4 Å². The Morgan fingerprint density at radius 3 is 2.59 bits per heavy atom. The largest absolute Gasteiger partial charge is 0.472 e. The second-order valence-corrected chi connectivity index (χ2v) is 4.95. The molecular weight excluding hydrogens is 212 g/mol. The Kier molecular flexibility index (Phi) is 4.94. The summed E-state index contributed by atoms with van der Waals surface area (Å²) in [5, 5.41) is 3.31. The van der Waals surface area contributed by atoms with Gasteiger partial charge in [-0.15, -0.1) is 0 Å². The molecule has 0 unspecified atom stereocenters. The van der Waals surface area contributed by atoms with Crippen molar-refractivity contribution in [2.45, 2.75) is 53.2 Å². The van der Waals surface area contributed by atoms with Crippen LogP contribution in [-0.2, 0) is 6.54 Å². The minimum absolute atomic E-state index is 0.156. The third-order valence-corrected chi connectivity index (χ3v) is 2.80. The number of aryl methyl sites for hydroxylation is 1. The number of aromatic nitrogens is 1. The van der Waals surface area contributed by atoms with Crippen LogP contribution in [0.5, 0.6) is 5.88 Å². The lowest BCUT2D eigenvalue weighted by Crippen LogP contribution is -2.27. The zero-order valence-electron chi connectivity index (χ0n) is 11.6. The van der Waals surface area contributed by atoms with E-state index in [4.69, 9.17) is 4.74 Å². The third kappa shape index (κ3) is 4.73. The molecule has 0 radical (unpaired) electrons. The lowest BCUT2D eigenvalue weighted by molar-refractivity contribution is 0.0987. The average Bonchev–Trinajstić information content (AvgIpc) is 2.25. The molecule has 0 amide bonds. The highest BCUT2D eigenvalue weighted by Gasteiger charge is 2.17. The molecule has 0 aromatic carbocycles. The summed E-state index contributed by atoms with van der Waals surface area (Å²) in [5.41, 5.74) is 2.07. The van der Waals surface area contributed by atoms with Crippen LogP contribution in [-0.4, -0.2) is 17.1 Å². The molecule has 96 valence electrons. The van der Waals surface area contributed by atoms with Crippen LogP contribution in [0.1, 0.15) is 45.4 Å². The van der Waals surface area contributed by atoms with Gasteiger partial charge in [0.2, 0.25) is 5.88 Å². The summed E-state index contributed by atoms with van der Waals surface area (Å²) in [6.45, 7) is 12.2. The first-order valence-corrected chi connectivity index (χ1v) is 6.34. The van der Waals surface area contributed by atoms with Crippen LogP contribution >= 0.6 is 0 Å². The Morgan fingerprint density at radius 1 is 1.29 bits per heavy atom. The van der Waals surface area contributed by atoms with Gasteiger partial charge in [-0.2, -0.15) is 0 Å². The molecule has 0 fully saturated rings. The smallest absolute Gasteiger partial charge is 0.214 e. The van der Waals surface area contributed by atoms with Gasteiger partial charge in [0.15, 0.2) is 0 Å². The highest BCUT2D eigenvalue weighted by atomic mass is 16.5. The lowest BCUT2D eigenvalue weighted by atomic mass is 10.1. The van der Waals surface area contributed by atoms with E-state index in [0.29, 0.717) is 0 Å². The van der Waals surface area contributed by atoms with Gasteiger partial charge in [0.1, 0.15) is 5.60 Å². The normalized spacial score (nSPS) is 11.6. The molecule has 0 bridgehead atoms. The minimum atomic E-state index is -0.156. The molecule has 0 aliphatic rings. The van der Waals surface area contributed by atoms with Gasteiger partial charge in [0.25, 0.3) is 0 Å². The molecule has 0 saturated heterocycles. The maximum atomic E-state index is 5.91. The fourth-order valence-electron chi connectivity index (χ4n) is 1.49. The molecule has 17 heavy (non-hydrogen) atoms. The van der Waals surface area contributed by atoms with E-state index >= 15 is 0 Å². The van der Waals surface area contributed by atoms with Crippen LogP contribution in [0.25, 0.3) is 0 Å². The molecule has 1 N–H and O–H groups in total. The monoisotopic (exact) mass is 236 g/mol. The summed E-state index contributed by atoms with van der Waals surface area (Å²) in [7, 11) is 0. The summed E-state index contributed by atoms with van der Waals surface area (Å²) in [4.78, 5) is 4.43. The Balaban J connectivity index is 2.82. The molecule has 1 rings (SSSR count). The van der Waals surface area contributed by atoms with Gasteiger partial charge >= 0.3 is 0 Å². The van der Waals surface area contributed by atoms with Crippen LogP contribution in [0.4, 0.5) is 0 Å². The van der Waals surface area contributed by atoms with Crippen LogP contribution in [0, 0.1) is 6.92 Å². The van der Waals surface area contributed by atoms with E-state index in [1.165, 1.54) is 5.56 Å². The molecule has 0 aliphatic carbocycles. The summed E-state index contributed by atoms with van der Waals surface area (Å²) in [6.07, 6.45) is 0.963. The molecular formula is C14H24N2O. The molecule has 0 saturated carbocycles. The summed E-state index contributed by atoms with van der Waals surface area (Å²) in [6, 6.07) is 4.11. The number of pyridine rings is 1. The van der Waals surface area contributed by atoms with Gasteiger partial charge < -0.3 is 10.1 Å². The second kappa shape index (κ2) is 6.01. The Bertz CT molecular complexity index is 361. The van der Waals surface area contributed by atoms with Crippen molar-refractivity contribution in [2.75, 3.05) is 6.54 Å². The number of rotatable bonds is 6. The lowest BCUT2D eigenvalue weighted by Gasteiger charge is -2.24. The molecule has 1 heterocycles. The van der Waals surface area contributed by atoms with Crippen LogP contribution in [0.15, 0.2) is 12.1 Å². The van der Waals surface area contributed by atoms with Crippen molar-refractivity contribution in [2.24, 2.45) is 0 Å². The first kappa shape index (κ1) is 14.0. The van der Waals surface area contributed by atoms with Crippen molar-refractivity contribution in [3.8, 4) is 5.88 Å². The first-order chi connectivity index (χ1) is 7.96. The van der Waals surface area contributed by atoms with Gasteiger partial charge in [-0.1, -0.05) is 13.8 Å². The highest BCUT2D eigenvalue weighted by Crippen LogP contribution is 2.20. The maximum absolute atomic E-state index is 5.91. The van der Waals surface area contributed by atoms with Crippen molar-refractivity contribution in [3.63, 3.8) is 0 Å². The number of hydrogen-bond donors (Lipinski definition) is 1. The molecule has 1 aromatic heterocycles. The first-order valence-electron chi connectivity index (χ1n) is 6.34. The van der Waals surface area contributed by atoms with Crippen molar-refractivity contribution in [1.29, 1.82) is 0 Å². The van der Waals surface area contributed by atoms with Crippen LogP contribution in [0.3, 0.4) is 0 Å². The van der Waals surface area contributed by atoms with Crippen molar-refractivity contribution >= 4 is 0 Å². The summed E-state index contributed by atoms with van der Waals surface area (Å²) < 4.78 is 5.91. The standard InChI is InChI=1S/C14H24N2O/c1-6-14(4,5)17-13-9-12(10-15-7-2)8-11(3)16-13/h8-9,15H,6-7,10H2,1-5H3. The molecule has 1 aromatic rings. The topological polar surface area (TPSA) is 34.2 Å². The van der Waals surface area contributed by atoms with E-state index in [1.807, 2.05) is 13.0 Å². The second-order valence-electron chi connectivity index (χ2n) is 4.95. The van der Waals surface area contributed by atoms with Crippen LogP contribution < -0.4 is 10.1 Å². The van der Waals surface area contributed by atoms with E-state index in [-0.39, 0.29) is 5.60 Å². The molecule has 0 aliphatic heterocycles. The van der Waals surface area contributed by atoms with Crippen molar-refractivity contribution in [3.05, 3.63) is 23.4 Å². The van der Waals surface area contributed by atoms with E-state index in [0.717, 1.165) is 31.1 Å². The SMILES string of the molecule is CCNCc1cc(C)nc(OC(C)(C)CC)c1. The van der Waals surface area contributed by atoms with E-state index < -0.39 is 0 Å². The van der Waals surface area contributed by atoms with Gasteiger partial charge in [-0.3, -0.25) is 0 Å². The van der Waals surface area contributed by atoms with Crippen molar-refractivity contribution < 1.29 is 4.74 Å². The molecule has 3 heteroatoms. The van der Waals surface area contributed by atoms with E-state index in [2.05, 4.69) is 44.1 Å². The van der Waals surface area contributed by atoms with Gasteiger partial charge in [0, 0.05) is 18.3 Å². The van der Waals surface area contributed by atoms with Crippen molar-refractivity contribution in [1.82, 2.24) is 10.3 Å². The Hall–Kier alpha value is -1.09. The zero-order valence-corrected chi connectivity index (χ0v) is 11.6. The number of nitrogens with zero attached hydrogens (tertiary/aromatic N) is 1. The number of hydrogen-bond acceptors (Lipinski definition) is 3. The Labute approximate surface area is 105 Å². The predicted octanol–water partition coefficient (Wildman–Crippen LogP) is 3.07. The van der Waals surface area contributed by atoms with E-state index in [9.17, 15) is 0 Å². The molecule has 0 atom stereocenters. The van der Waals surface area contributed by atoms with Gasteiger partial charge in [0.05, 0.1) is 0 Å². The van der Waals surface area contributed by atoms with Gasteiger partial charge in [-0.25, -0.2) is 4.98 Å². The van der Waals surface area contributed by atoms with E-state index in [1.54, 1.807) is 0 Å². The molecule has 0 spiro atoms. The maximum Gasteiger partial charge on any atom is 0.214 e. The Morgan fingerprint density at radius 2 is 2.00 bits per heavy atom. The fourth-order valence-corrected chi connectivity index (χ4v) is 1.49. The highest BCUT2D eigenvalue weighted by molar-refractivity contribution is 5.25. The predicted molar refractivity (Wildman–Crippen MR) is 71.4 cm³/mol. The van der Waals surface area contributed by atoms with Crippen LogP contribution in [0.2, 0.25) is 0 Å². The summed E-state index contributed by atoms with van der Waals surface area (Å²) in [5.74, 6) is 0.727.